The van der Waals surface area contributed by atoms with Gasteiger partial charge in [0, 0.05) is 16.5 Å². The van der Waals surface area contributed by atoms with Gasteiger partial charge in [-0.1, -0.05) is 18.2 Å². The Labute approximate surface area is 127 Å². The first kappa shape index (κ1) is 15.5. The van der Waals surface area contributed by atoms with E-state index in [0.29, 0.717) is 12.4 Å². The second kappa shape index (κ2) is 6.72. The van der Waals surface area contributed by atoms with Gasteiger partial charge >= 0.3 is 5.97 Å². The molecule has 0 saturated heterocycles. The molecule has 0 fully saturated rings. The Bertz CT molecular complexity index is 667. The molecule has 5 heteroatoms. The summed E-state index contributed by atoms with van der Waals surface area (Å²) in [5.41, 5.74) is 1.80. The summed E-state index contributed by atoms with van der Waals surface area (Å²) in [6, 6.07) is 7.58. The number of rotatable bonds is 6. The Balaban J connectivity index is 2.19. The molecule has 0 aliphatic rings. The summed E-state index contributed by atoms with van der Waals surface area (Å²) in [5.74, 6) is 0.884. The summed E-state index contributed by atoms with van der Waals surface area (Å²) < 4.78 is 5.79. The molecular weight excluding hydrogens is 288 g/mol. The van der Waals surface area contributed by atoms with Crippen molar-refractivity contribution in [2.45, 2.75) is 13.8 Å². The van der Waals surface area contributed by atoms with Gasteiger partial charge in [-0.2, -0.15) is 0 Å². The second-order valence-electron chi connectivity index (χ2n) is 4.83. The number of carboxylic acids is 1. The molecule has 4 nitrogen and oxygen atoms in total. The standard InChI is InChI=1S/C16H18O4S/c1-10-4-3-5-12-15(10)13(8-11(2)16(12)19)20-6-7-21-9-14(17)18/h3-5,8,19H,6-7,9H2,1-2H3,(H,17,18). The lowest BCUT2D eigenvalue weighted by Gasteiger charge is -2.14. The van der Waals surface area contributed by atoms with Gasteiger partial charge in [0.1, 0.15) is 11.5 Å². The number of hydrogen-bond acceptors (Lipinski definition) is 4. The fourth-order valence-corrected chi connectivity index (χ4v) is 2.75. The van der Waals surface area contributed by atoms with Gasteiger partial charge in [0.05, 0.1) is 12.4 Å². The minimum atomic E-state index is -0.818. The Kier molecular flexibility index (Phi) is 4.96. The van der Waals surface area contributed by atoms with E-state index in [1.807, 2.05) is 38.1 Å². The summed E-state index contributed by atoms with van der Waals surface area (Å²) >= 11 is 1.32. The lowest BCUT2D eigenvalue weighted by atomic mass is 10.0. The minimum absolute atomic E-state index is 0.0811. The van der Waals surface area contributed by atoms with E-state index < -0.39 is 5.97 Å². The number of benzene rings is 2. The van der Waals surface area contributed by atoms with Crippen molar-refractivity contribution in [1.82, 2.24) is 0 Å². The predicted molar refractivity (Wildman–Crippen MR) is 85.5 cm³/mol. The summed E-state index contributed by atoms with van der Waals surface area (Å²) in [4.78, 5) is 10.4. The van der Waals surface area contributed by atoms with E-state index in [2.05, 4.69) is 0 Å². The Hall–Kier alpha value is -1.88. The number of ether oxygens (including phenoxy) is 1. The Morgan fingerprint density at radius 3 is 2.76 bits per heavy atom. The smallest absolute Gasteiger partial charge is 0.313 e. The second-order valence-corrected chi connectivity index (χ2v) is 5.94. The average molecular weight is 306 g/mol. The molecule has 2 aromatic carbocycles. The number of aliphatic carboxylic acids is 1. The van der Waals surface area contributed by atoms with Crippen LogP contribution in [-0.2, 0) is 4.79 Å². The number of carbonyl (C=O) groups is 1. The van der Waals surface area contributed by atoms with E-state index in [1.54, 1.807) is 0 Å². The number of hydrogen-bond donors (Lipinski definition) is 2. The van der Waals surface area contributed by atoms with Crippen molar-refractivity contribution in [3.8, 4) is 11.5 Å². The summed E-state index contributed by atoms with van der Waals surface area (Å²) in [5, 5.41) is 20.4. The van der Waals surface area contributed by atoms with Gasteiger partial charge in [0.25, 0.3) is 0 Å². The van der Waals surface area contributed by atoms with Gasteiger partial charge < -0.3 is 14.9 Å². The molecule has 0 spiro atoms. The van der Waals surface area contributed by atoms with Crippen LogP contribution in [0, 0.1) is 13.8 Å². The molecule has 0 radical (unpaired) electrons. The molecule has 0 unspecified atom stereocenters. The zero-order chi connectivity index (χ0) is 15.4. The number of fused-ring (bicyclic) bond motifs is 1. The Morgan fingerprint density at radius 2 is 2.05 bits per heavy atom. The molecule has 0 bridgehead atoms. The number of aromatic hydroxyl groups is 1. The van der Waals surface area contributed by atoms with Gasteiger partial charge in [-0.25, -0.2) is 0 Å². The molecule has 2 aromatic rings. The first-order chi connectivity index (χ1) is 10.0. The normalized spacial score (nSPS) is 10.8. The summed E-state index contributed by atoms with van der Waals surface area (Å²) in [6.07, 6.45) is 0. The van der Waals surface area contributed by atoms with Gasteiger partial charge in [-0.15, -0.1) is 11.8 Å². The number of thioether (sulfide) groups is 1. The van der Waals surface area contributed by atoms with Crippen molar-refractivity contribution in [3.63, 3.8) is 0 Å². The van der Waals surface area contributed by atoms with E-state index in [-0.39, 0.29) is 11.5 Å². The zero-order valence-electron chi connectivity index (χ0n) is 12.0. The van der Waals surface area contributed by atoms with Crippen molar-refractivity contribution in [2.24, 2.45) is 0 Å². The lowest BCUT2D eigenvalue weighted by Crippen LogP contribution is -2.05. The largest absolute Gasteiger partial charge is 0.507 e. The maximum atomic E-state index is 10.4. The number of carboxylic acid groups (broad SMARTS) is 1. The van der Waals surface area contributed by atoms with Gasteiger partial charge in [0.2, 0.25) is 0 Å². The van der Waals surface area contributed by atoms with E-state index in [1.165, 1.54) is 11.8 Å². The van der Waals surface area contributed by atoms with Crippen LogP contribution >= 0.6 is 11.8 Å². The fourth-order valence-electron chi connectivity index (χ4n) is 2.23. The summed E-state index contributed by atoms with van der Waals surface area (Å²) in [7, 11) is 0. The van der Waals surface area contributed by atoms with Crippen LogP contribution in [0.25, 0.3) is 10.8 Å². The monoisotopic (exact) mass is 306 g/mol. The first-order valence-corrected chi connectivity index (χ1v) is 7.80. The molecule has 0 aliphatic carbocycles. The van der Waals surface area contributed by atoms with Crippen LogP contribution in [0.1, 0.15) is 11.1 Å². The highest BCUT2D eigenvalue weighted by Crippen LogP contribution is 2.37. The van der Waals surface area contributed by atoms with Gasteiger partial charge in [0.15, 0.2) is 0 Å². The average Bonchev–Trinajstić information content (AvgIpc) is 2.43. The van der Waals surface area contributed by atoms with Crippen molar-refractivity contribution in [3.05, 3.63) is 35.4 Å². The lowest BCUT2D eigenvalue weighted by molar-refractivity contribution is -0.133. The number of phenols is 1. The minimum Gasteiger partial charge on any atom is -0.507 e. The van der Waals surface area contributed by atoms with E-state index >= 15 is 0 Å². The molecular formula is C16H18O4S. The third kappa shape index (κ3) is 3.61. The van der Waals surface area contributed by atoms with Crippen LogP contribution < -0.4 is 4.74 Å². The highest BCUT2D eigenvalue weighted by Gasteiger charge is 2.11. The zero-order valence-corrected chi connectivity index (χ0v) is 12.9. The number of aryl methyl sites for hydroxylation is 2. The summed E-state index contributed by atoms with van der Waals surface area (Å²) in [6.45, 7) is 4.25. The molecule has 0 aromatic heterocycles. The van der Waals surface area contributed by atoms with E-state index in [9.17, 15) is 9.90 Å². The highest BCUT2D eigenvalue weighted by atomic mass is 32.2. The van der Waals surface area contributed by atoms with E-state index in [0.717, 1.165) is 27.6 Å². The van der Waals surface area contributed by atoms with Crippen LogP contribution in [0.15, 0.2) is 24.3 Å². The van der Waals surface area contributed by atoms with Crippen LogP contribution in [0.5, 0.6) is 11.5 Å². The van der Waals surface area contributed by atoms with Crippen LogP contribution in [-0.4, -0.2) is 34.3 Å². The van der Waals surface area contributed by atoms with Crippen molar-refractivity contribution >= 4 is 28.5 Å². The molecule has 112 valence electrons. The van der Waals surface area contributed by atoms with E-state index in [4.69, 9.17) is 9.84 Å². The maximum absolute atomic E-state index is 10.4. The molecule has 0 saturated carbocycles. The third-order valence-electron chi connectivity index (χ3n) is 3.21. The molecule has 0 amide bonds. The molecule has 2 N–H and O–H groups in total. The molecule has 2 rings (SSSR count). The van der Waals surface area contributed by atoms with Gasteiger partial charge in [-0.3, -0.25) is 4.79 Å². The molecule has 0 aliphatic heterocycles. The molecule has 0 heterocycles. The SMILES string of the molecule is Cc1cc(OCCSCC(=O)O)c2c(C)cccc2c1O. The highest BCUT2D eigenvalue weighted by molar-refractivity contribution is 7.99. The van der Waals surface area contributed by atoms with Crippen LogP contribution in [0.4, 0.5) is 0 Å². The van der Waals surface area contributed by atoms with Crippen LogP contribution in [0.3, 0.4) is 0 Å². The third-order valence-corrected chi connectivity index (χ3v) is 4.11. The van der Waals surface area contributed by atoms with Crippen molar-refractivity contribution in [1.29, 1.82) is 0 Å². The predicted octanol–water partition coefficient (Wildman–Crippen LogP) is 3.36. The number of phenolic OH excluding ortho intramolecular Hbond substituents is 1. The molecule has 21 heavy (non-hydrogen) atoms. The maximum Gasteiger partial charge on any atom is 0.313 e. The van der Waals surface area contributed by atoms with Gasteiger partial charge in [-0.05, 0) is 31.0 Å². The van der Waals surface area contributed by atoms with Crippen molar-refractivity contribution in [2.75, 3.05) is 18.1 Å². The first-order valence-electron chi connectivity index (χ1n) is 6.65. The topological polar surface area (TPSA) is 66.8 Å². The molecule has 0 atom stereocenters. The Morgan fingerprint density at radius 1 is 1.29 bits per heavy atom. The van der Waals surface area contributed by atoms with Crippen molar-refractivity contribution < 1.29 is 19.7 Å². The fraction of sp³-hybridized carbons (Fsp3) is 0.312. The van der Waals surface area contributed by atoms with Crippen LogP contribution in [0.2, 0.25) is 0 Å². The quantitative estimate of drug-likeness (QED) is 0.801.